The van der Waals surface area contributed by atoms with E-state index in [2.05, 4.69) is 10.1 Å². The Morgan fingerprint density at radius 1 is 1.27 bits per heavy atom. The van der Waals surface area contributed by atoms with Gasteiger partial charge in [-0.2, -0.15) is 0 Å². The van der Waals surface area contributed by atoms with Crippen molar-refractivity contribution in [2.45, 2.75) is 6.54 Å². The number of carbonyl (C=O) groups excluding carboxylic acids is 4. The molecule has 3 N–H and O–H groups in total. The first-order valence-corrected chi connectivity index (χ1v) is 8.88. The molecule has 156 valence electrons. The number of nitrogens with zero attached hydrogens (tertiary/aromatic N) is 1. The number of amides is 4. The molecule has 10 nitrogen and oxygen atoms in total. The van der Waals surface area contributed by atoms with E-state index in [4.69, 9.17) is 26.5 Å². The maximum absolute atomic E-state index is 12.7. The van der Waals surface area contributed by atoms with Crippen LogP contribution in [0.4, 0.5) is 4.79 Å². The molecule has 1 aromatic heterocycles. The van der Waals surface area contributed by atoms with Crippen LogP contribution in [0.1, 0.15) is 21.9 Å². The highest BCUT2D eigenvalue weighted by Gasteiger charge is 2.34. The third-order valence-corrected chi connectivity index (χ3v) is 4.20. The smallest absolute Gasteiger partial charge is 0.373 e. The second-order valence-electron chi connectivity index (χ2n) is 6.07. The topological polar surface area (TPSA) is 141 Å². The van der Waals surface area contributed by atoms with E-state index in [1.165, 1.54) is 43.5 Å². The Hall–Kier alpha value is -3.79. The summed E-state index contributed by atoms with van der Waals surface area (Å²) in [4.78, 5) is 48.3. The monoisotopic (exact) mass is 433 g/mol. The molecule has 1 fully saturated rings. The summed E-state index contributed by atoms with van der Waals surface area (Å²) < 4.78 is 15.1. The lowest BCUT2D eigenvalue weighted by atomic mass is 10.1. The Kier molecular flexibility index (Phi) is 6.07. The number of rotatable bonds is 7. The molecule has 1 saturated heterocycles. The van der Waals surface area contributed by atoms with E-state index in [0.717, 1.165) is 4.90 Å². The zero-order valence-corrected chi connectivity index (χ0v) is 16.4. The van der Waals surface area contributed by atoms with Gasteiger partial charge >= 0.3 is 12.0 Å². The van der Waals surface area contributed by atoms with Crippen LogP contribution < -0.4 is 15.8 Å². The first-order chi connectivity index (χ1) is 14.3. The summed E-state index contributed by atoms with van der Waals surface area (Å²) >= 11 is 6.00. The van der Waals surface area contributed by atoms with Crippen molar-refractivity contribution < 1.29 is 33.1 Å². The Balaban J connectivity index is 1.81. The lowest BCUT2D eigenvalue weighted by Gasteiger charge is -2.10. The molecule has 1 aliphatic heterocycles. The number of primary amides is 1. The minimum absolute atomic E-state index is 0.0362. The largest absolute Gasteiger partial charge is 0.483 e. The third kappa shape index (κ3) is 4.61. The van der Waals surface area contributed by atoms with Crippen LogP contribution in [0, 0.1) is 0 Å². The fourth-order valence-corrected chi connectivity index (χ4v) is 2.79. The van der Waals surface area contributed by atoms with Crippen molar-refractivity contribution in [2.24, 2.45) is 5.73 Å². The van der Waals surface area contributed by atoms with Crippen LogP contribution in [0.2, 0.25) is 5.02 Å². The Labute approximate surface area is 175 Å². The number of urea groups is 1. The highest BCUT2D eigenvalue weighted by Crippen LogP contribution is 2.27. The molecule has 30 heavy (non-hydrogen) atoms. The summed E-state index contributed by atoms with van der Waals surface area (Å²) in [6, 6.07) is 6.71. The fourth-order valence-electron chi connectivity index (χ4n) is 2.61. The molecule has 11 heteroatoms. The van der Waals surface area contributed by atoms with Crippen LogP contribution >= 0.6 is 11.6 Å². The van der Waals surface area contributed by atoms with Crippen LogP contribution in [-0.4, -0.2) is 42.4 Å². The normalized spacial score (nSPS) is 14.7. The van der Waals surface area contributed by atoms with Gasteiger partial charge in [0.15, 0.2) is 6.61 Å². The van der Waals surface area contributed by atoms with E-state index in [1.54, 1.807) is 0 Å². The number of hydrogen-bond acceptors (Lipinski definition) is 7. The zero-order chi connectivity index (χ0) is 21.8. The highest BCUT2D eigenvalue weighted by atomic mass is 35.5. The fraction of sp³-hybridized carbons (Fsp3) is 0.158. The Bertz CT molecular complexity index is 1060. The summed E-state index contributed by atoms with van der Waals surface area (Å²) in [5.41, 5.74) is 5.41. The average Bonchev–Trinajstić information content (AvgIpc) is 3.27. The molecule has 0 aliphatic carbocycles. The molecule has 0 atom stereocenters. The minimum atomic E-state index is -0.677. The van der Waals surface area contributed by atoms with Crippen molar-refractivity contribution in [2.75, 3.05) is 13.7 Å². The number of benzene rings is 1. The molecule has 0 saturated carbocycles. The maximum atomic E-state index is 12.7. The number of imide groups is 1. The number of furan rings is 1. The Morgan fingerprint density at radius 2 is 2.03 bits per heavy atom. The standard InChI is InChI=1S/C19H16ClN3O7/c1-28-18(26)15-5-3-12(30-15)8-23-17(25)13(22-19(23)27)7-10-6-11(20)2-4-14(10)29-9-16(21)24/h2-7H,8-9H2,1H3,(H2,21,24)(H,22,27)/b13-7-. The van der Waals surface area contributed by atoms with Crippen LogP contribution in [0.5, 0.6) is 5.75 Å². The lowest BCUT2D eigenvalue weighted by molar-refractivity contribution is -0.123. The number of hydrogen-bond donors (Lipinski definition) is 2. The van der Waals surface area contributed by atoms with Crippen LogP contribution in [-0.2, 0) is 20.9 Å². The molecule has 1 aliphatic rings. The van der Waals surface area contributed by atoms with Crippen LogP contribution in [0.3, 0.4) is 0 Å². The summed E-state index contributed by atoms with van der Waals surface area (Å²) in [6.45, 7) is -0.565. The van der Waals surface area contributed by atoms with Crippen LogP contribution in [0.25, 0.3) is 6.08 Å². The van der Waals surface area contributed by atoms with Gasteiger partial charge < -0.3 is 24.9 Å². The second-order valence-corrected chi connectivity index (χ2v) is 6.51. The molecule has 2 aromatic rings. The number of halogens is 1. The number of nitrogens with one attached hydrogen (secondary N) is 1. The molecule has 0 spiro atoms. The molecule has 3 rings (SSSR count). The van der Waals surface area contributed by atoms with E-state index in [9.17, 15) is 19.2 Å². The third-order valence-electron chi connectivity index (χ3n) is 3.97. The van der Waals surface area contributed by atoms with Crippen molar-refractivity contribution in [3.8, 4) is 5.75 Å². The Morgan fingerprint density at radius 3 is 2.73 bits per heavy atom. The van der Waals surface area contributed by atoms with Crippen molar-refractivity contribution in [1.29, 1.82) is 0 Å². The van der Waals surface area contributed by atoms with Gasteiger partial charge in [0.1, 0.15) is 17.2 Å². The van der Waals surface area contributed by atoms with E-state index < -0.39 is 23.8 Å². The first kappa shape index (κ1) is 20.9. The summed E-state index contributed by atoms with van der Waals surface area (Å²) in [7, 11) is 1.20. The summed E-state index contributed by atoms with van der Waals surface area (Å²) in [6.07, 6.45) is 1.37. The van der Waals surface area contributed by atoms with Gasteiger partial charge in [0.2, 0.25) is 5.76 Å². The van der Waals surface area contributed by atoms with Gasteiger partial charge in [0, 0.05) is 10.6 Å². The van der Waals surface area contributed by atoms with Gasteiger partial charge in [0.05, 0.1) is 13.7 Å². The van der Waals surface area contributed by atoms with Gasteiger partial charge in [-0.1, -0.05) is 11.6 Å². The molecule has 4 amide bonds. The van der Waals surface area contributed by atoms with Gasteiger partial charge in [-0.15, -0.1) is 0 Å². The maximum Gasteiger partial charge on any atom is 0.373 e. The highest BCUT2D eigenvalue weighted by molar-refractivity contribution is 6.30. The number of esters is 1. The predicted octanol–water partition coefficient (Wildman–Crippen LogP) is 1.68. The first-order valence-electron chi connectivity index (χ1n) is 8.50. The minimum Gasteiger partial charge on any atom is -0.483 e. The zero-order valence-electron chi connectivity index (χ0n) is 15.6. The van der Waals surface area contributed by atoms with Crippen molar-refractivity contribution >= 4 is 41.5 Å². The summed E-state index contributed by atoms with van der Waals surface area (Å²) in [5, 5.41) is 2.80. The molecule has 0 unspecified atom stereocenters. The number of ether oxygens (including phenoxy) is 2. The molecule has 2 heterocycles. The van der Waals surface area contributed by atoms with E-state index in [0.29, 0.717) is 10.6 Å². The average molecular weight is 434 g/mol. The quantitative estimate of drug-likeness (QED) is 0.384. The molecule has 0 radical (unpaired) electrons. The predicted molar refractivity (Wildman–Crippen MR) is 103 cm³/mol. The van der Waals surface area contributed by atoms with E-state index in [-0.39, 0.29) is 36.1 Å². The van der Waals surface area contributed by atoms with Crippen LogP contribution in [0.15, 0.2) is 40.4 Å². The van der Waals surface area contributed by atoms with Gasteiger partial charge in [-0.3, -0.25) is 14.5 Å². The number of methoxy groups -OCH3 is 1. The SMILES string of the molecule is COC(=O)c1ccc(CN2C(=O)N/C(=C\c3cc(Cl)ccc3OCC(N)=O)C2=O)o1. The van der Waals surface area contributed by atoms with Gasteiger partial charge in [-0.05, 0) is 36.4 Å². The van der Waals surface area contributed by atoms with Crippen molar-refractivity contribution in [1.82, 2.24) is 10.2 Å². The molecule has 0 bridgehead atoms. The second kappa shape index (κ2) is 8.70. The van der Waals surface area contributed by atoms with Gasteiger partial charge in [0.25, 0.3) is 11.8 Å². The summed E-state index contributed by atoms with van der Waals surface area (Å²) in [5.74, 6) is -1.57. The van der Waals surface area contributed by atoms with E-state index >= 15 is 0 Å². The van der Waals surface area contributed by atoms with Crippen molar-refractivity contribution in [3.05, 3.63) is 58.1 Å². The van der Waals surface area contributed by atoms with Gasteiger partial charge in [-0.25, -0.2) is 9.59 Å². The number of nitrogens with two attached hydrogens (primary N) is 1. The lowest BCUT2D eigenvalue weighted by Crippen LogP contribution is -2.30. The van der Waals surface area contributed by atoms with Crippen molar-refractivity contribution in [3.63, 3.8) is 0 Å². The molecular weight excluding hydrogens is 418 g/mol. The molecule has 1 aromatic carbocycles. The molecular formula is C19H16ClN3O7. The van der Waals surface area contributed by atoms with E-state index in [1.807, 2.05) is 0 Å². The number of carbonyl (C=O) groups is 4.